The molecular formula is C8H8F2. The molecule has 10 heavy (non-hydrogen) atoms. The Kier molecular flexibility index (Phi) is 2.00. The molecule has 0 aromatic heterocycles. The fraction of sp³-hybridized carbons (Fsp3) is 0.250. The van der Waals surface area contributed by atoms with Gasteiger partial charge < -0.3 is 0 Å². The minimum atomic E-state index is -1.01. The van der Waals surface area contributed by atoms with Gasteiger partial charge in [-0.2, -0.15) is 0 Å². The highest BCUT2D eigenvalue weighted by molar-refractivity contribution is 5.17. The number of halogens is 2. The monoisotopic (exact) mass is 142 g/mol. The first-order valence-electron chi connectivity index (χ1n) is 3.09. The normalized spacial score (nSPS) is 13.1. The van der Waals surface area contributed by atoms with Crippen molar-refractivity contribution in [1.29, 1.82) is 0 Å². The van der Waals surface area contributed by atoms with E-state index in [4.69, 9.17) is 0 Å². The van der Waals surface area contributed by atoms with Gasteiger partial charge in [0.1, 0.15) is 12.0 Å². The molecule has 1 rings (SSSR count). The van der Waals surface area contributed by atoms with Gasteiger partial charge in [-0.3, -0.25) is 0 Å². The molecule has 0 saturated heterocycles. The van der Waals surface area contributed by atoms with Gasteiger partial charge in [-0.15, -0.1) is 0 Å². The molecule has 0 bridgehead atoms. The van der Waals surface area contributed by atoms with Crippen LogP contribution in [-0.2, 0) is 0 Å². The molecule has 0 aliphatic rings. The fourth-order valence-electron chi connectivity index (χ4n) is 0.728. The Balaban J connectivity index is 2.89. The molecule has 0 nitrogen and oxygen atoms in total. The second-order valence-corrected chi connectivity index (χ2v) is 2.17. The van der Waals surface area contributed by atoms with Crippen LogP contribution in [0.2, 0.25) is 0 Å². The van der Waals surface area contributed by atoms with Crippen LogP contribution < -0.4 is 0 Å². The quantitative estimate of drug-likeness (QED) is 0.565. The van der Waals surface area contributed by atoms with Gasteiger partial charge in [-0.05, 0) is 24.6 Å². The van der Waals surface area contributed by atoms with Crippen LogP contribution in [0.4, 0.5) is 8.78 Å². The van der Waals surface area contributed by atoms with Crippen LogP contribution in [-0.4, -0.2) is 0 Å². The van der Waals surface area contributed by atoms with Gasteiger partial charge >= 0.3 is 0 Å². The van der Waals surface area contributed by atoms with Gasteiger partial charge in [0.25, 0.3) is 0 Å². The number of alkyl halides is 1. The maximum atomic E-state index is 12.4. The summed E-state index contributed by atoms with van der Waals surface area (Å²) < 4.78 is 24.7. The summed E-state index contributed by atoms with van der Waals surface area (Å²) in [5, 5.41) is 0. The van der Waals surface area contributed by atoms with Crippen LogP contribution in [0.15, 0.2) is 24.3 Å². The standard InChI is InChI=1S/C8H8F2/c1-6(9)7-2-4-8(10)5-3-7/h2-6H,1H3/t6-/m0/s1. The predicted octanol–water partition coefficient (Wildman–Crippen LogP) is 2.86. The van der Waals surface area contributed by atoms with Crippen molar-refractivity contribution in [2.24, 2.45) is 0 Å². The van der Waals surface area contributed by atoms with Crippen LogP contribution in [0.1, 0.15) is 18.7 Å². The van der Waals surface area contributed by atoms with Crippen LogP contribution in [0.5, 0.6) is 0 Å². The van der Waals surface area contributed by atoms with Crippen molar-refractivity contribution in [3.8, 4) is 0 Å². The summed E-state index contributed by atoms with van der Waals surface area (Å²) in [5.41, 5.74) is 0.515. The smallest absolute Gasteiger partial charge is 0.123 e. The first-order valence-corrected chi connectivity index (χ1v) is 3.09. The summed E-state index contributed by atoms with van der Waals surface area (Å²) in [5.74, 6) is -0.329. The van der Waals surface area contributed by atoms with Gasteiger partial charge in [-0.25, -0.2) is 8.78 Å². The lowest BCUT2D eigenvalue weighted by Gasteiger charge is -1.99. The van der Waals surface area contributed by atoms with Crippen molar-refractivity contribution in [2.45, 2.75) is 13.1 Å². The zero-order chi connectivity index (χ0) is 7.56. The van der Waals surface area contributed by atoms with E-state index in [1.54, 1.807) is 0 Å². The summed E-state index contributed by atoms with van der Waals surface area (Å²) in [7, 11) is 0. The zero-order valence-corrected chi connectivity index (χ0v) is 5.64. The maximum absolute atomic E-state index is 12.4. The minimum Gasteiger partial charge on any atom is -0.243 e. The molecule has 0 N–H and O–H groups in total. The molecule has 1 aromatic rings. The number of benzene rings is 1. The van der Waals surface area contributed by atoms with Gasteiger partial charge in [-0.1, -0.05) is 12.1 Å². The Morgan fingerprint density at radius 1 is 1.20 bits per heavy atom. The van der Waals surface area contributed by atoms with Crippen molar-refractivity contribution in [3.63, 3.8) is 0 Å². The second kappa shape index (κ2) is 2.78. The highest BCUT2D eigenvalue weighted by atomic mass is 19.1. The first kappa shape index (κ1) is 7.19. The van der Waals surface area contributed by atoms with Crippen molar-refractivity contribution in [3.05, 3.63) is 35.6 Å². The Hall–Kier alpha value is -0.920. The topological polar surface area (TPSA) is 0 Å². The predicted molar refractivity (Wildman–Crippen MR) is 35.9 cm³/mol. The molecule has 0 amide bonds. The first-order chi connectivity index (χ1) is 4.70. The van der Waals surface area contributed by atoms with Gasteiger partial charge in [0.05, 0.1) is 0 Å². The van der Waals surface area contributed by atoms with E-state index in [0.29, 0.717) is 5.56 Å². The zero-order valence-electron chi connectivity index (χ0n) is 5.64. The minimum absolute atomic E-state index is 0.329. The molecule has 0 spiro atoms. The van der Waals surface area contributed by atoms with Crippen LogP contribution in [0.25, 0.3) is 0 Å². The molecular weight excluding hydrogens is 134 g/mol. The Morgan fingerprint density at radius 3 is 2.10 bits per heavy atom. The molecule has 0 aliphatic heterocycles. The van der Waals surface area contributed by atoms with Gasteiger partial charge in [0.15, 0.2) is 0 Å². The number of rotatable bonds is 1. The lowest BCUT2D eigenvalue weighted by Crippen LogP contribution is -1.84. The average Bonchev–Trinajstić information content (AvgIpc) is 1.88. The maximum Gasteiger partial charge on any atom is 0.123 e. The fourth-order valence-corrected chi connectivity index (χ4v) is 0.728. The van der Waals surface area contributed by atoms with Crippen LogP contribution >= 0.6 is 0 Å². The van der Waals surface area contributed by atoms with E-state index in [1.165, 1.54) is 31.2 Å². The van der Waals surface area contributed by atoms with Crippen molar-refractivity contribution >= 4 is 0 Å². The molecule has 54 valence electrons. The van der Waals surface area contributed by atoms with E-state index in [-0.39, 0.29) is 5.82 Å². The molecule has 0 heterocycles. The third-order valence-corrected chi connectivity index (χ3v) is 1.33. The summed E-state index contributed by atoms with van der Waals surface area (Å²) in [6, 6.07) is 5.40. The Labute approximate surface area is 58.5 Å². The van der Waals surface area contributed by atoms with Gasteiger partial charge in [0.2, 0.25) is 0 Å². The molecule has 2 heteroatoms. The van der Waals surface area contributed by atoms with E-state index >= 15 is 0 Å². The van der Waals surface area contributed by atoms with E-state index in [1.807, 2.05) is 0 Å². The van der Waals surface area contributed by atoms with Crippen LogP contribution in [0, 0.1) is 5.82 Å². The number of hydrogen-bond acceptors (Lipinski definition) is 0. The third-order valence-electron chi connectivity index (χ3n) is 1.33. The van der Waals surface area contributed by atoms with E-state index < -0.39 is 6.17 Å². The molecule has 0 saturated carbocycles. The molecule has 0 unspecified atom stereocenters. The lowest BCUT2D eigenvalue weighted by atomic mass is 10.1. The molecule has 1 atom stereocenters. The highest BCUT2D eigenvalue weighted by Crippen LogP contribution is 2.15. The third kappa shape index (κ3) is 1.53. The summed E-state index contributed by atoms with van der Waals surface area (Å²) >= 11 is 0. The SMILES string of the molecule is C[C@H](F)c1ccc(F)cc1. The second-order valence-electron chi connectivity index (χ2n) is 2.17. The van der Waals surface area contributed by atoms with E-state index in [9.17, 15) is 8.78 Å². The van der Waals surface area contributed by atoms with Crippen LogP contribution in [0.3, 0.4) is 0 Å². The molecule has 0 aliphatic carbocycles. The average molecular weight is 142 g/mol. The molecule has 0 radical (unpaired) electrons. The van der Waals surface area contributed by atoms with Crippen molar-refractivity contribution in [2.75, 3.05) is 0 Å². The van der Waals surface area contributed by atoms with E-state index in [0.717, 1.165) is 0 Å². The Bertz CT molecular complexity index is 201. The van der Waals surface area contributed by atoms with Crippen molar-refractivity contribution < 1.29 is 8.78 Å². The highest BCUT2D eigenvalue weighted by Gasteiger charge is 2.00. The van der Waals surface area contributed by atoms with E-state index in [2.05, 4.69) is 0 Å². The Morgan fingerprint density at radius 2 is 1.70 bits per heavy atom. The number of hydrogen-bond donors (Lipinski definition) is 0. The molecule has 1 aromatic carbocycles. The van der Waals surface area contributed by atoms with Crippen molar-refractivity contribution in [1.82, 2.24) is 0 Å². The summed E-state index contributed by atoms with van der Waals surface area (Å²) in [6.07, 6.45) is -1.01. The summed E-state index contributed by atoms with van der Waals surface area (Å²) in [4.78, 5) is 0. The van der Waals surface area contributed by atoms with Gasteiger partial charge in [0, 0.05) is 0 Å². The lowest BCUT2D eigenvalue weighted by molar-refractivity contribution is 0.374. The molecule has 0 fully saturated rings. The largest absolute Gasteiger partial charge is 0.243 e. The summed E-state index contributed by atoms with van der Waals surface area (Å²) in [6.45, 7) is 1.42.